The van der Waals surface area contributed by atoms with Gasteiger partial charge in [-0.1, -0.05) is 0 Å². The van der Waals surface area contributed by atoms with E-state index in [2.05, 4.69) is 0 Å². The van der Waals surface area contributed by atoms with Gasteiger partial charge < -0.3 is 14.7 Å². The minimum absolute atomic E-state index is 0.0771. The Labute approximate surface area is 103 Å². The minimum Gasteiger partial charge on any atom is -0.478 e. The Morgan fingerprint density at radius 1 is 1.44 bits per heavy atom. The lowest BCUT2D eigenvalue weighted by Gasteiger charge is -2.35. The van der Waals surface area contributed by atoms with Crippen molar-refractivity contribution < 1.29 is 23.4 Å². The fraction of sp³-hybridized carbons (Fsp3) is 0.417. The van der Waals surface area contributed by atoms with Crippen LogP contribution in [0.25, 0.3) is 0 Å². The van der Waals surface area contributed by atoms with Gasteiger partial charge in [0, 0.05) is 12.6 Å². The fourth-order valence-corrected chi connectivity index (χ4v) is 2.01. The van der Waals surface area contributed by atoms with Crippen molar-refractivity contribution in [1.82, 2.24) is 0 Å². The quantitative estimate of drug-likeness (QED) is 0.879. The third-order valence-electron chi connectivity index (χ3n) is 2.97. The number of hydrogen-bond donors (Lipinski definition) is 1. The predicted molar refractivity (Wildman–Crippen MR) is 60.9 cm³/mol. The highest BCUT2D eigenvalue weighted by atomic mass is 19.2. The number of ether oxygens (including phenoxy) is 1. The second-order valence-electron chi connectivity index (χ2n) is 4.18. The van der Waals surface area contributed by atoms with Crippen molar-refractivity contribution in [3.8, 4) is 0 Å². The highest BCUT2D eigenvalue weighted by molar-refractivity contribution is 5.88. The number of morpholine rings is 1. The first-order chi connectivity index (χ1) is 8.52. The Morgan fingerprint density at radius 3 is 2.78 bits per heavy atom. The van der Waals surface area contributed by atoms with Gasteiger partial charge in [-0.05, 0) is 19.1 Å². The van der Waals surface area contributed by atoms with E-state index < -0.39 is 23.2 Å². The number of carbonyl (C=O) groups is 1. The largest absolute Gasteiger partial charge is 0.478 e. The van der Waals surface area contributed by atoms with Crippen LogP contribution in [0, 0.1) is 11.6 Å². The highest BCUT2D eigenvalue weighted by Crippen LogP contribution is 2.27. The van der Waals surface area contributed by atoms with Gasteiger partial charge in [0.1, 0.15) is 0 Å². The van der Waals surface area contributed by atoms with Crippen LogP contribution >= 0.6 is 0 Å². The van der Waals surface area contributed by atoms with Gasteiger partial charge in [-0.2, -0.15) is 0 Å². The van der Waals surface area contributed by atoms with Crippen molar-refractivity contribution in [3.63, 3.8) is 0 Å². The molecule has 6 heteroatoms. The number of aromatic carboxylic acids is 1. The van der Waals surface area contributed by atoms with E-state index in [1.165, 1.54) is 6.07 Å². The molecule has 1 aromatic carbocycles. The van der Waals surface area contributed by atoms with E-state index in [0.717, 1.165) is 6.07 Å². The molecule has 0 aliphatic carbocycles. The van der Waals surface area contributed by atoms with Gasteiger partial charge in [0.05, 0.1) is 24.5 Å². The number of anilines is 1. The van der Waals surface area contributed by atoms with Gasteiger partial charge in [-0.15, -0.1) is 0 Å². The number of carboxylic acids is 1. The molecule has 98 valence electrons. The van der Waals surface area contributed by atoms with Crippen LogP contribution in [0.15, 0.2) is 12.1 Å². The van der Waals surface area contributed by atoms with Crippen molar-refractivity contribution in [3.05, 3.63) is 29.3 Å². The van der Waals surface area contributed by atoms with E-state index in [4.69, 9.17) is 9.84 Å². The molecule has 1 N–H and O–H groups in total. The summed E-state index contributed by atoms with van der Waals surface area (Å²) < 4.78 is 32.7. The Bertz CT molecular complexity index is 479. The maximum atomic E-state index is 13.9. The van der Waals surface area contributed by atoms with E-state index in [9.17, 15) is 13.6 Å². The van der Waals surface area contributed by atoms with E-state index in [-0.39, 0.29) is 11.7 Å². The molecule has 1 aromatic rings. The predicted octanol–water partition coefficient (Wildman–Crippen LogP) is 1.89. The van der Waals surface area contributed by atoms with Gasteiger partial charge in [-0.3, -0.25) is 0 Å². The average molecular weight is 257 g/mol. The monoisotopic (exact) mass is 257 g/mol. The molecule has 2 rings (SSSR count). The lowest BCUT2D eigenvalue weighted by atomic mass is 10.1. The molecule has 1 saturated heterocycles. The maximum absolute atomic E-state index is 13.9. The molecular weight excluding hydrogens is 244 g/mol. The second-order valence-corrected chi connectivity index (χ2v) is 4.18. The van der Waals surface area contributed by atoms with Gasteiger partial charge in [0.2, 0.25) is 0 Å². The Balaban J connectivity index is 2.40. The van der Waals surface area contributed by atoms with Crippen LogP contribution in [-0.4, -0.2) is 36.9 Å². The SMILES string of the molecule is CC1COCCN1c1ccc(C(=O)O)c(F)c1F. The first-order valence-electron chi connectivity index (χ1n) is 5.58. The van der Waals surface area contributed by atoms with Gasteiger partial charge in [-0.25, -0.2) is 13.6 Å². The second kappa shape index (κ2) is 4.89. The van der Waals surface area contributed by atoms with E-state index >= 15 is 0 Å². The molecule has 0 saturated carbocycles. The summed E-state index contributed by atoms with van der Waals surface area (Å²) >= 11 is 0. The summed E-state index contributed by atoms with van der Waals surface area (Å²) in [6.45, 7) is 3.15. The van der Waals surface area contributed by atoms with Crippen molar-refractivity contribution in [2.24, 2.45) is 0 Å². The summed E-state index contributed by atoms with van der Waals surface area (Å²) in [6.07, 6.45) is 0. The Kier molecular flexibility index (Phi) is 3.47. The molecule has 18 heavy (non-hydrogen) atoms. The zero-order valence-electron chi connectivity index (χ0n) is 9.82. The molecule has 1 heterocycles. The molecule has 1 atom stereocenters. The molecule has 4 nitrogen and oxygen atoms in total. The van der Waals surface area contributed by atoms with Crippen LogP contribution in [0.5, 0.6) is 0 Å². The minimum atomic E-state index is -1.48. The summed E-state index contributed by atoms with van der Waals surface area (Å²) in [5, 5.41) is 8.70. The third-order valence-corrected chi connectivity index (χ3v) is 2.97. The molecule has 0 spiro atoms. The molecule has 0 aromatic heterocycles. The number of hydrogen-bond acceptors (Lipinski definition) is 3. The first kappa shape index (κ1) is 12.8. The third kappa shape index (κ3) is 2.15. The molecular formula is C12H13F2NO3. The topological polar surface area (TPSA) is 49.8 Å². The number of halogens is 2. The molecule has 1 fully saturated rings. The summed E-state index contributed by atoms with van der Waals surface area (Å²) in [5.74, 6) is -3.92. The number of benzene rings is 1. The van der Waals surface area contributed by atoms with Crippen molar-refractivity contribution in [2.45, 2.75) is 13.0 Å². The zero-order valence-corrected chi connectivity index (χ0v) is 9.82. The summed E-state index contributed by atoms with van der Waals surface area (Å²) in [4.78, 5) is 12.4. The van der Waals surface area contributed by atoms with Crippen molar-refractivity contribution >= 4 is 11.7 Å². The van der Waals surface area contributed by atoms with E-state index in [1.807, 2.05) is 6.92 Å². The van der Waals surface area contributed by atoms with Gasteiger partial charge >= 0.3 is 5.97 Å². The Morgan fingerprint density at radius 2 is 2.17 bits per heavy atom. The summed E-state index contributed by atoms with van der Waals surface area (Å²) in [6, 6.07) is 2.30. The van der Waals surface area contributed by atoms with Crippen LogP contribution < -0.4 is 4.90 Å². The molecule has 1 unspecified atom stereocenters. The lowest BCUT2D eigenvalue weighted by Crippen LogP contribution is -2.44. The van der Waals surface area contributed by atoms with Crippen LogP contribution in [0.2, 0.25) is 0 Å². The van der Waals surface area contributed by atoms with Crippen molar-refractivity contribution in [2.75, 3.05) is 24.7 Å². The van der Waals surface area contributed by atoms with Gasteiger partial charge in [0.25, 0.3) is 0 Å². The van der Waals surface area contributed by atoms with Crippen LogP contribution in [-0.2, 0) is 4.74 Å². The number of rotatable bonds is 2. The van der Waals surface area contributed by atoms with Gasteiger partial charge in [0.15, 0.2) is 11.6 Å². The maximum Gasteiger partial charge on any atom is 0.338 e. The standard InChI is InChI=1S/C12H13F2NO3/c1-7-6-18-5-4-15(7)9-3-2-8(12(16)17)10(13)11(9)14/h2-3,7H,4-6H2,1H3,(H,16,17). The van der Waals surface area contributed by atoms with Crippen LogP contribution in [0.4, 0.5) is 14.5 Å². The smallest absolute Gasteiger partial charge is 0.338 e. The summed E-state index contributed by atoms with van der Waals surface area (Å²) in [5.41, 5.74) is -0.578. The molecule has 0 radical (unpaired) electrons. The number of carboxylic acid groups (broad SMARTS) is 1. The molecule has 1 aliphatic rings. The molecule has 0 amide bonds. The highest BCUT2D eigenvalue weighted by Gasteiger charge is 2.25. The number of nitrogens with zero attached hydrogens (tertiary/aromatic N) is 1. The normalized spacial score (nSPS) is 19.9. The lowest BCUT2D eigenvalue weighted by molar-refractivity contribution is 0.0690. The molecule has 1 aliphatic heterocycles. The zero-order chi connectivity index (χ0) is 13.3. The average Bonchev–Trinajstić information content (AvgIpc) is 2.33. The van der Waals surface area contributed by atoms with Crippen LogP contribution in [0.1, 0.15) is 17.3 Å². The molecule has 0 bridgehead atoms. The van der Waals surface area contributed by atoms with Crippen molar-refractivity contribution in [1.29, 1.82) is 0 Å². The van der Waals surface area contributed by atoms with Crippen LogP contribution in [0.3, 0.4) is 0 Å². The Hall–Kier alpha value is -1.69. The van der Waals surface area contributed by atoms with E-state index in [1.54, 1.807) is 4.90 Å². The first-order valence-corrected chi connectivity index (χ1v) is 5.58. The fourth-order valence-electron chi connectivity index (χ4n) is 2.01. The van der Waals surface area contributed by atoms with E-state index in [0.29, 0.717) is 19.8 Å². The summed E-state index contributed by atoms with van der Waals surface area (Å²) in [7, 11) is 0.